The second kappa shape index (κ2) is 7.76. The zero-order chi connectivity index (χ0) is 17.8. The largest absolute Gasteiger partial charge is 0.379 e. The molecule has 1 fully saturated rings. The number of ether oxygens (including phenoxy) is 1. The molecule has 2 aromatic rings. The summed E-state index contributed by atoms with van der Waals surface area (Å²) in [5, 5.41) is 2.90. The molecule has 0 saturated carbocycles. The number of likely N-dealkylation sites (tertiary alicyclic amines) is 1. The number of rotatable bonds is 6. The van der Waals surface area contributed by atoms with Gasteiger partial charge in [-0.05, 0) is 29.8 Å². The number of hydrogen-bond donors (Lipinski definition) is 1. The SMILES string of the molecule is COCc1ccc(C(=O)NC2CC(=O)N(Cc3cccc(F)c3)C2)s1. The summed E-state index contributed by atoms with van der Waals surface area (Å²) in [7, 11) is 1.61. The summed E-state index contributed by atoms with van der Waals surface area (Å²) >= 11 is 1.38. The number of thiophene rings is 1. The van der Waals surface area contributed by atoms with Gasteiger partial charge >= 0.3 is 0 Å². The maximum absolute atomic E-state index is 13.3. The van der Waals surface area contributed by atoms with Crippen molar-refractivity contribution >= 4 is 23.2 Å². The van der Waals surface area contributed by atoms with Gasteiger partial charge in [0.2, 0.25) is 5.91 Å². The van der Waals surface area contributed by atoms with Gasteiger partial charge < -0.3 is 15.0 Å². The lowest BCUT2D eigenvalue weighted by molar-refractivity contribution is -0.128. The fourth-order valence-corrected chi connectivity index (χ4v) is 3.74. The van der Waals surface area contributed by atoms with Crippen LogP contribution in [0.3, 0.4) is 0 Å². The highest BCUT2D eigenvalue weighted by Gasteiger charge is 2.31. The van der Waals surface area contributed by atoms with Gasteiger partial charge in [0.15, 0.2) is 0 Å². The standard InChI is InChI=1S/C18H19FN2O3S/c1-24-11-15-5-6-16(25-15)18(23)20-14-8-17(22)21(10-14)9-12-3-2-4-13(19)7-12/h2-7,14H,8-11H2,1H3,(H,20,23). The third kappa shape index (κ3) is 4.43. The fraction of sp³-hybridized carbons (Fsp3) is 0.333. The van der Waals surface area contributed by atoms with E-state index in [4.69, 9.17) is 4.74 Å². The predicted molar refractivity (Wildman–Crippen MR) is 92.7 cm³/mol. The van der Waals surface area contributed by atoms with Crippen molar-refractivity contribution in [2.45, 2.75) is 25.6 Å². The Morgan fingerprint density at radius 2 is 2.24 bits per heavy atom. The van der Waals surface area contributed by atoms with Crippen LogP contribution in [0.1, 0.15) is 26.5 Å². The molecule has 0 spiro atoms. The molecule has 0 bridgehead atoms. The van der Waals surface area contributed by atoms with Gasteiger partial charge in [-0.15, -0.1) is 11.3 Å². The van der Waals surface area contributed by atoms with E-state index in [0.29, 0.717) is 24.6 Å². The number of halogens is 1. The van der Waals surface area contributed by atoms with Crippen LogP contribution in [0.2, 0.25) is 0 Å². The molecule has 1 aromatic carbocycles. The summed E-state index contributed by atoms with van der Waals surface area (Å²) in [5.41, 5.74) is 0.739. The van der Waals surface area contributed by atoms with Crippen molar-refractivity contribution in [1.82, 2.24) is 10.2 Å². The maximum atomic E-state index is 13.3. The topological polar surface area (TPSA) is 58.6 Å². The first-order chi connectivity index (χ1) is 12.0. The third-order valence-electron chi connectivity index (χ3n) is 3.98. The predicted octanol–water partition coefficient (Wildman–Crippen LogP) is 2.56. The normalized spacial score (nSPS) is 17.1. The van der Waals surface area contributed by atoms with E-state index < -0.39 is 0 Å². The highest BCUT2D eigenvalue weighted by atomic mass is 32.1. The monoisotopic (exact) mass is 362 g/mol. The summed E-state index contributed by atoms with van der Waals surface area (Å²) in [4.78, 5) is 27.7. The lowest BCUT2D eigenvalue weighted by Gasteiger charge is -2.17. The Labute approximate surface area is 149 Å². The number of amides is 2. The van der Waals surface area contributed by atoms with E-state index in [1.165, 1.54) is 23.5 Å². The van der Waals surface area contributed by atoms with Crippen molar-refractivity contribution in [1.29, 1.82) is 0 Å². The van der Waals surface area contributed by atoms with Crippen LogP contribution in [0, 0.1) is 5.82 Å². The van der Waals surface area contributed by atoms with E-state index in [1.807, 2.05) is 6.07 Å². The Hall–Kier alpha value is -2.25. The van der Waals surface area contributed by atoms with Gasteiger partial charge in [-0.25, -0.2) is 4.39 Å². The Bertz CT molecular complexity index is 777. The van der Waals surface area contributed by atoms with Crippen LogP contribution in [0.25, 0.3) is 0 Å². The summed E-state index contributed by atoms with van der Waals surface area (Å²) in [6.45, 7) is 1.25. The molecule has 1 atom stereocenters. The summed E-state index contributed by atoms with van der Waals surface area (Å²) < 4.78 is 18.3. The fourth-order valence-electron chi connectivity index (χ4n) is 2.85. The number of carbonyl (C=O) groups is 2. The molecule has 7 heteroatoms. The Balaban J connectivity index is 1.57. The molecule has 132 valence electrons. The molecule has 2 amide bonds. The van der Waals surface area contributed by atoms with E-state index in [1.54, 1.807) is 30.2 Å². The number of hydrogen-bond acceptors (Lipinski definition) is 4. The molecular weight excluding hydrogens is 343 g/mol. The second-order valence-corrected chi connectivity index (χ2v) is 7.15. The lowest BCUT2D eigenvalue weighted by atomic mass is 10.2. The van der Waals surface area contributed by atoms with Crippen molar-refractivity contribution in [3.8, 4) is 0 Å². The molecule has 1 saturated heterocycles. The van der Waals surface area contributed by atoms with Crippen molar-refractivity contribution in [3.63, 3.8) is 0 Å². The average Bonchev–Trinajstić information content (AvgIpc) is 3.15. The molecule has 25 heavy (non-hydrogen) atoms. The van der Waals surface area contributed by atoms with Crippen molar-refractivity contribution in [3.05, 3.63) is 57.5 Å². The minimum Gasteiger partial charge on any atom is -0.379 e. The van der Waals surface area contributed by atoms with Gasteiger partial charge in [-0.1, -0.05) is 12.1 Å². The first-order valence-corrected chi connectivity index (χ1v) is 8.77. The minimum atomic E-state index is -0.321. The van der Waals surface area contributed by atoms with Crippen LogP contribution in [-0.4, -0.2) is 36.4 Å². The molecule has 3 rings (SSSR count). The molecule has 0 aliphatic carbocycles. The maximum Gasteiger partial charge on any atom is 0.261 e. The van der Waals surface area contributed by atoms with E-state index in [0.717, 1.165) is 10.4 Å². The number of carbonyl (C=O) groups excluding carboxylic acids is 2. The van der Waals surface area contributed by atoms with Crippen LogP contribution >= 0.6 is 11.3 Å². The molecular formula is C18H19FN2O3S. The van der Waals surface area contributed by atoms with Crippen molar-refractivity contribution in [2.75, 3.05) is 13.7 Å². The average molecular weight is 362 g/mol. The van der Waals surface area contributed by atoms with Crippen LogP contribution in [0.5, 0.6) is 0 Å². The van der Waals surface area contributed by atoms with Crippen molar-refractivity contribution in [2.24, 2.45) is 0 Å². The molecule has 5 nitrogen and oxygen atoms in total. The zero-order valence-corrected chi connectivity index (χ0v) is 14.6. The van der Waals surface area contributed by atoms with Crippen LogP contribution in [0.4, 0.5) is 4.39 Å². The molecule has 2 heterocycles. The zero-order valence-electron chi connectivity index (χ0n) is 13.8. The number of benzene rings is 1. The Morgan fingerprint density at radius 3 is 3.00 bits per heavy atom. The number of methoxy groups -OCH3 is 1. The van der Waals surface area contributed by atoms with E-state index >= 15 is 0 Å². The van der Waals surface area contributed by atoms with Crippen LogP contribution in [0.15, 0.2) is 36.4 Å². The van der Waals surface area contributed by atoms with E-state index in [-0.39, 0.29) is 30.1 Å². The molecule has 1 aliphatic heterocycles. The molecule has 1 N–H and O–H groups in total. The van der Waals surface area contributed by atoms with Crippen LogP contribution < -0.4 is 5.32 Å². The highest BCUT2D eigenvalue weighted by Crippen LogP contribution is 2.19. The summed E-state index contributed by atoms with van der Waals surface area (Å²) in [6.07, 6.45) is 0.261. The van der Waals surface area contributed by atoms with E-state index in [9.17, 15) is 14.0 Å². The molecule has 1 aliphatic rings. The van der Waals surface area contributed by atoms with Gasteiger partial charge in [0.25, 0.3) is 5.91 Å². The molecule has 0 radical (unpaired) electrons. The van der Waals surface area contributed by atoms with Crippen LogP contribution in [-0.2, 0) is 22.7 Å². The first-order valence-electron chi connectivity index (χ1n) is 7.96. The lowest BCUT2D eigenvalue weighted by Crippen LogP contribution is -2.36. The summed E-state index contributed by atoms with van der Waals surface area (Å²) in [5.74, 6) is -0.544. The second-order valence-electron chi connectivity index (χ2n) is 5.98. The summed E-state index contributed by atoms with van der Waals surface area (Å²) in [6, 6.07) is 9.58. The molecule has 1 unspecified atom stereocenters. The number of nitrogens with zero attached hydrogens (tertiary/aromatic N) is 1. The van der Waals surface area contributed by atoms with Crippen molar-refractivity contribution < 1.29 is 18.7 Å². The third-order valence-corrected chi connectivity index (χ3v) is 5.04. The van der Waals surface area contributed by atoms with Gasteiger partial charge in [0, 0.05) is 31.5 Å². The highest BCUT2D eigenvalue weighted by molar-refractivity contribution is 7.14. The quantitative estimate of drug-likeness (QED) is 0.859. The number of nitrogens with one attached hydrogen (secondary N) is 1. The van der Waals surface area contributed by atoms with E-state index in [2.05, 4.69) is 5.32 Å². The smallest absolute Gasteiger partial charge is 0.261 e. The van der Waals surface area contributed by atoms with Gasteiger partial charge in [0.1, 0.15) is 5.82 Å². The van der Waals surface area contributed by atoms with Gasteiger partial charge in [0.05, 0.1) is 17.5 Å². The van der Waals surface area contributed by atoms with Gasteiger partial charge in [-0.3, -0.25) is 9.59 Å². The first kappa shape index (κ1) is 17.6. The van der Waals surface area contributed by atoms with Gasteiger partial charge in [-0.2, -0.15) is 0 Å². The Morgan fingerprint density at radius 1 is 1.40 bits per heavy atom. The molecule has 1 aromatic heterocycles. The minimum absolute atomic E-state index is 0.0409. The Kier molecular flexibility index (Phi) is 5.45.